The third kappa shape index (κ3) is 3.30. The highest BCUT2D eigenvalue weighted by molar-refractivity contribution is 7.99. The molecule has 0 saturated heterocycles. The van der Waals surface area contributed by atoms with Crippen molar-refractivity contribution >= 4 is 11.8 Å². The van der Waals surface area contributed by atoms with Crippen molar-refractivity contribution in [2.75, 3.05) is 5.75 Å². The lowest BCUT2D eigenvalue weighted by Gasteiger charge is -2.13. The van der Waals surface area contributed by atoms with Gasteiger partial charge < -0.3 is 14.1 Å². The van der Waals surface area contributed by atoms with Crippen molar-refractivity contribution in [1.29, 1.82) is 0 Å². The highest BCUT2D eigenvalue weighted by Crippen LogP contribution is 2.28. The average Bonchev–Trinajstić information content (AvgIpc) is 3.14. The molecule has 3 rings (SSSR count). The summed E-state index contributed by atoms with van der Waals surface area (Å²) < 4.78 is 20.3. The Morgan fingerprint density at radius 2 is 2.17 bits per heavy atom. The number of furan rings is 1. The Morgan fingerprint density at radius 3 is 2.87 bits per heavy atom. The molecule has 23 heavy (non-hydrogen) atoms. The molecule has 5 nitrogen and oxygen atoms in total. The Kier molecular flexibility index (Phi) is 4.49. The van der Waals surface area contributed by atoms with Gasteiger partial charge in [-0.3, -0.25) is 0 Å². The average molecular weight is 333 g/mol. The first-order chi connectivity index (χ1) is 11.1. The predicted octanol–water partition coefficient (Wildman–Crippen LogP) is 3.35. The van der Waals surface area contributed by atoms with Crippen molar-refractivity contribution in [3.63, 3.8) is 0 Å². The van der Waals surface area contributed by atoms with Gasteiger partial charge in [-0.2, -0.15) is 0 Å². The molecular weight excluding hydrogens is 317 g/mol. The molecular formula is C16H16FN3O2S. The Balaban J connectivity index is 1.71. The number of hydrogen-bond acceptors (Lipinski definition) is 5. The minimum absolute atomic E-state index is 0.303. The van der Waals surface area contributed by atoms with E-state index in [-0.39, 0.29) is 5.82 Å². The molecule has 1 N–H and O–H groups in total. The summed E-state index contributed by atoms with van der Waals surface area (Å²) in [6.07, 6.45) is 0.877. The number of benzene rings is 1. The van der Waals surface area contributed by atoms with E-state index in [1.807, 2.05) is 17.7 Å². The molecule has 0 aliphatic rings. The smallest absolute Gasteiger partial charge is 0.200 e. The van der Waals surface area contributed by atoms with Gasteiger partial charge in [0.25, 0.3) is 0 Å². The number of aliphatic hydroxyl groups excluding tert-OH is 1. The molecule has 1 aromatic carbocycles. The Bertz CT molecular complexity index is 802. The summed E-state index contributed by atoms with van der Waals surface area (Å²) in [7, 11) is 1.84. The highest BCUT2D eigenvalue weighted by atomic mass is 32.2. The molecule has 2 aromatic heterocycles. The van der Waals surface area contributed by atoms with E-state index in [4.69, 9.17) is 4.42 Å². The van der Waals surface area contributed by atoms with E-state index in [0.717, 1.165) is 5.56 Å². The van der Waals surface area contributed by atoms with Crippen LogP contribution in [-0.2, 0) is 7.05 Å². The van der Waals surface area contributed by atoms with Crippen LogP contribution in [0.2, 0.25) is 0 Å². The molecule has 1 atom stereocenters. The van der Waals surface area contributed by atoms with Gasteiger partial charge in [0.1, 0.15) is 5.82 Å². The van der Waals surface area contributed by atoms with Gasteiger partial charge in [0.05, 0.1) is 12.4 Å². The first-order valence-electron chi connectivity index (χ1n) is 7.06. The van der Waals surface area contributed by atoms with E-state index >= 15 is 0 Å². The fourth-order valence-electron chi connectivity index (χ4n) is 2.32. The zero-order valence-corrected chi connectivity index (χ0v) is 13.5. The van der Waals surface area contributed by atoms with Crippen LogP contribution < -0.4 is 0 Å². The predicted molar refractivity (Wildman–Crippen MR) is 85.5 cm³/mol. The molecule has 0 radical (unpaired) electrons. The van der Waals surface area contributed by atoms with Gasteiger partial charge in [0.15, 0.2) is 16.7 Å². The fraction of sp³-hybridized carbons (Fsp3) is 0.250. The second-order valence-corrected chi connectivity index (χ2v) is 6.16. The van der Waals surface area contributed by atoms with Gasteiger partial charge in [-0.1, -0.05) is 17.8 Å². The Hall–Kier alpha value is -2.12. The van der Waals surface area contributed by atoms with Crippen LogP contribution in [0.15, 0.2) is 46.2 Å². The SMILES string of the molecule is Cc1cc(F)ccc1C(O)CSc1nnc(-c2ccco2)n1C. The van der Waals surface area contributed by atoms with Gasteiger partial charge in [-0.05, 0) is 42.3 Å². The highest BCUT2D eigenvalue weighted by Gasteiger charge is 2.16. The van der Waals surface area contributed by atoms with Crippen molar-refractivity contribution in [3.05, 3.63) is 53.5 Å². The first kappa shape index (κ1) is 15.8. The molecule has 0 spiro atoms. The summed E-state index contributed by atoms with van der Waals surface area (Å²) >= 11 is 1.38. The molecule has 0 fully saturated rings. The van der Waals surface area contributed by atoms with Crippen LogP contribution in [-0.4, -0.2) is 25.6 Å². The number of aliphatic hydroxyl groups is 1. The second-order valence-electron chi connectivity index (χ2n) is 5.17. The molecule has 0 amide bonds. The largest absolute Gasteiger partial charge is 0.461 e. The van der Waals surface area contributed by atoms with Crippen molar-refractivity contribution in [2.24, 2.45) is 7.05 Å². The van der Waals surface area contributed by atoms with Gasteiger partial charge >= 0.3 is 0 Å². The molecule has 0 aliphatic carbocycles. The van der Waals surface area contributed by atoms with Gasteiger partial charge in [0.2, 0.25) is 0 Å². The topological polar surface area (TPSA) is 64.1 Å². The number of hydrogen-bond donors (Lipinski definition) is 1. The molecule has 0 aliphatic heterocycles. The van der Waals surface area contributed by atoms with Crippen LogP contribution in [0.3, 0.4) is 0 Å². The number of rotatable bonds is 5. The number of aromatic nitrogens is 3. The number of halogens is 1. The van der Waals surface area contributed by atoms with Crippen molar-refractivity contribution in [1.82, 2.24) is 14.8 Å². The summed E-state index contributed by atoms with van der Waals surface area (Å²) in [5.41, 5.74) is 1.44. The van der Waals surface area contributed by atoms with Crippen molar-refractivity contribution in [3.8, 4) is 11.6 Å². The Labute approximate surface area is 137 Å². The summed E-state index contributed by atoms with van der Waals surface area (Å²) in [6, 6.07) is 7.99. The van der Waals surface area contributed by atoms with Gasteiger partial charge in [0, 0.05) is 12.8 Å². The lowest BCUT2D eigenvalue weighted by Crippen LogP contribution is -2.04. The van der Waals surface area contributed by atoms with Crippen LogP contribution in [0.5, 0.6) is 0 Å². The number of aryl methyl sites for hydroxylation is 1. The normalized spacial score (nSPS) is 12.5. The maximum atomic E-state index is 13.1. The number of nitrogens with zero attached hydrogens (tertiary/aromatic N) is 3. The van der Waals surface area contributed by atoms with E-state index in [1.165, 1.54) is 23.9 Å². The van der Waals surface area contributed by atoms with Crippen molar-refractivity contribution in [2.45, 2.75) is 18.2 Å². The molecule has 3 aromatic rings. The van der Waals surface area contributed by atoms with Gasteiger partial charge in [-0.15, -0.1) is 10.2 Å². The minimum Gasteiger partial charge on any atom is -0.461 e. The van der Waals surface area contributed by atoms with Crippen LogP contribution in [0, 0.1) is 12.7 Å². The molecule has 7 heteroatoms. The molecule has 0 saturated carbocycles. The fourth-order valence-corrected chi connectivity index (χ4v) is 3.18. The molecule has 1 unspecified atom stereocenters. The zero-order valence-electron chi connectivity index (χ0n) is 12.7. The van der Waals surface area contributed by atoms with Crippen LogP contribution >= 0.6 is 11.8 Å². The van der Waals surface area contributed by atoms with Crippen LogP contribution in [0.1, 0.15) is 17.2 Å². The summed E-state index contributed by atoms with van der Waals surface area (Å²) in [6.45, 7) is 1.78. The monoisotopic (exact) mass is 333 g/mol. The second kappa shape index (κ2) is 6.55. The summed E-state index contributed by atoms with van der Waals surface area (Å²) in [4.78, 5) is 0. The van der Waals surface area contributed by atoms with Crippen molar-refractivity contribution < 1.29 is 13.9 Å². The van der Waals surface area contributed by atoms with Gasteiger partial charge in [-0.25, -0.2) is 4.39 Å². The van der Waals surface area contributed by atoms with E-state index in [9.17, 15) is 9.50 Å². The quantitative estimate of drug-likeness (QED) is 0.726. The lowest BCUT2D eigenvalue weighted by molar-refractivity contribution is 0.203. The summed E-state index contributed by atoms with van der Waals surface area (Å²) in [5.74, 6) is 1.37. The maximum absolute atomic E-state index is 13.1. The standard InChI is InChI=1S/C16H16FN3O2S/c1-10-8-11(17)5-6-12(10)13(21)9-23-16-19-18-15(20(16)2)14-4-3-7-22-14/h3-8,13,21H,9H2,1-2H3. The molecule has 2 heterocycles. The zero-order chi connectivity index (χ0) is 16.4. The molecule has 120 valence electrons. The maximum Gasteiger partial charge on any atom is 0.200 e. The first-order valence-corrected chi connectivity index (χ1v) is 8.05. The van der Waals surface area contributed by atoms with E-state index in [2.05, 4.69) is 10.2 Å². The van der Waals surface area contributed by atoms with E-state index < -0.39 is 6.10 Å². The third-order valence-corrected chi connectivity index (χ3v) is 4.63. The van der Waals surface area contributed by atoms with Crippen LogP contribution in [0.4, 0.5) is 4.39 Å². The summed E-state index contributed by atoms with van der Waals surface area (Å²) in [5, 5.41) is 19.2. The van der Waals surface area contributed by atoms with Crippen LogP contribution in [0.25, 0.3) is 11.6 Å². The number of thioether (sulfide) groups is 1. The van der Waals surface area contributed by atoms with E-state index in [1.54, 1.807) is 25.3 Å². The third-order valence-electron chi connectivity index (χ3n) is 3.54. The Morgan fingerprint density at radius 1 is 1.35 bits per heavy atom. The molecule has 0 bridgehead atoms. The lowest BCUT2D eigenvalue weighted by atomic mass is 10.0. The minimum atomic E-state index is -0.704. The van der Waals surface area contributed by atoms with E-state index in [0.29, 0.717) is 28.1 Å².